The molecule has 2 aromatic rings. The van der Waals surface area contributed by atoms with Gasteiger partial charge in [0.05, 0.1) is 18.8 Å². The summed E-state index contributed by atoms with van der Waals surface area (Å²) in [7, 11) is -3.68. The molecule has 0 saturated carbocycles. The third kappa shape index (κ3) is 3.33. The number of aromatic nitrogens is 1. The smallest absolute Gasteiger partial charge is 0.295 e. The molecule has 2 heterocycles. The van der Waals surface area contributed by atoms with E-state index in [0.717, 1.165) is 10.6 Å². The molecule has 1 aliphatic heterocycles. The van der Waals surface area contributed by atoms with Crippen LogP contribution in [0.5, 0.6) is 0 Å². The number of hydrogen-bond donors (Lipinski definition) is 1. The van der Waals surface area contributed by atoms with Crippen LogP contribution in [-0.4, -0.2) is 23.5 Å². The van der Waals surface area contributed by atoms with E-state index >= 15 is 0 Å². The van der Waals surface area contributed by atoms with E-state index in [4.69, 9.17) is 0 Å². The maximum atomic E-state index is 12.5. The monoisotopic (exact) mass is 361 g/mol. The van der Waals surface area contributed by atoms with Gasteiger partial charge in [-0.25, -0.2) is 4.98 Å². The molecule has 1 aliphatic rings. The van der Waals surface area contributed by atoms with Gasteiger partial charge in [-0.05, 0) is 44.0 Å². The fourth-order valence-corrected chi connectivity index (χ4v) is 4.56. The molecule has 0 unspecified atom stereocenters. The average Bonchev–Trinajstić information content (AvgIpc) is 3.06. The quantitative estimate of drug-likeness (QED) is 0.670. The largest absolute Gasteiger partial charge is 0.302 e. The molecule has 1 aromatic heterocycles. The number of hydrogen-bond acceptors (Lipinski definition) is 5. The van der Waals surface area contributed by atoms with Crippen LogP contribution in [0.3, 0.4) is 0 Å². The summed E-state index contributed by atoms with van der Waals surface area (Å²) in [6, 6.07) is 6.34. The first-order valence-electron chi connectivity index (χ1n) is 7.19. The summed E-state index contributed by atoms with van der Waals surface area (Å²) in [6.07, 6.45) is 0. The number of benzene rings is 1. The van der Waals surface area contributed by atoms with Gasteiger partial charge in [0.25, 0.3) is 0 Å². The summed E-state index contributed by atoms with van der Waals surface area (Å²) in [4.78, 5) is 16.5. The number of carbonyl (C=O) groups is 1. The van der Waals surface area contributed by atoms with Crippen LogP contribution in [0.2, 0.25) is 0 Å². The van der Waals surface area contributed by atoms with E-state index in [9.17, 15) is 13.2 Å². The fourth-order valence-electron chi connectivity index (χ4n) is 2.33. The molecule has 0 radical (unpaired) electrons. The number of fused-ring (bicyclic) bond motifs is 1. The second-order valence-electron chi connectivity index (χ2n) is 5.27. The van der Waals surface area contributed by atoms with Crippen LogP contribution in [0.4, 0.5) is 5.69 Å². The Bertz CT molecular complexity index is 927. The lowest BCUT2D eigenvalue weighted by Gasteiger charge is -2.17. The molecule has 0 spiro atoms. The first-order chi connectivity index (χ1) is 11.4. The molecular weight excluding hydrogens is 346 g/mol. The minimum Gasteiger partial charge on any atom is -0.295 e. The number of rotatable bonds is 4. The Balaban J connectivity index is 1.73. The Morgan fingerprint density at radius 1 is 1.29 bits per heavy atom. The van der Waals surface area contributed by atoms with Crippen LogP contribution >= 0.6 is 11.3 Å². The molecule has 0 amide bonds. The van der Waals surface area contributed by atoms with Crippen LogP contribution in [0, 0.1) is 11.8 Å². The van der Waals surface area contributed by atoms with Gasteiger partial charge in [0.15, 0.2) is 10.8 Å². The molecule has 6 nitrogen and oxygen atoms in total. The van der Waals surface area contributed by atoms with Crippen LogP contribution in [0.25, 0.3) is 0 Å². The lowest BCUT2D eigenvalue weighted by molar-refractivity contribution is 0.101. The van der Waals surface area contributed by atoms with Gasteiger partial charge in [0.2, 0.25) is 0 Å². The maximum Gasteiger partial charge on any atom is 0.302 e. The molecule has 0 fully saturated rings. The predicted octanol–water partition coefficient (Wildman–Crippen LogP) is 2.39. The number of thiazole rings is 1. The topological polar surface area (TPSA) is 79.4 Å². The standard InChI is InChI=1S/C16H15N3O3S2/c1-3-4-16-17-14-9-19(10-15(14)23-16)24(21,22)18-13-7-5-12(6-8-13)11(2)20/h5-8,18H,9-10H2,1-2H3. The van der Waals surface area contributed by atoms with Crippen molar-refractivity contribution in [3.63, 3.8) is 0 Å². The van der Waals surface area contributed by atoms with Gasteiger partial charge >= 0.3 is 10.2 Å². The van der Waals surface area contributed by atoms with E-state index in [-0.39, 0.29) is 12.3 Å². The highest BCUT2D eigenvalue weighted by molar-refractivity contribution is 7.90. The minimum atomic E-state index is -3.68. The van der Waals surface area contributed by atoms with E-state index in [0.29, 0.717) is 22.8 Å². The summed E-state index contributed by atoms with van der Waals surface area (Å²) in [5.41, 5.74) is 1.71. The Hall–Kier alpha value is -2.21. The minimum absolute atomic E-state index is 0.0644. The van der Waals surface area contributed by atoms with Gasteiger partial charge in [-0.1, -0.05) is 5.92 Å². The molecule has 1 N–H and O–H groups in total. The van der Waals surface area contributed by atoms with Gasteiger partial charge in [-0.3, -0.25) is 9.52 Å². The van der Waals surface area contributed by atoms with E-state index in [2.05, 4.69) is 21.5 Å². The number of Topliss-reactive ketones (excluding diaryl/α,β-unsaturated/α-hetero) is 1. The number of anilines is 1. The zero-order valence-corrected chi connectivity index (χ0v) is 14.8. The highest BCUT2D eigenvalue weighted by Crippen LogP contribution is 2.30. The van der Waals surface area contributed by atoms with E-state index < -0.39 is 10.2 Å². The van der Waals surface area contributed by atoms with Crippen molar-refractivity contribution in [1.82, 2.24) is 9.29 Å². The molecule has 0 bridgehead atoms. The first-order valence-corrected chi connectivity index (χ1v) is 9.45. The number of nitrogens with zero attached hydrogens (tertiary/aromatic N) is 2. The van der Waals surface area contributed by atoms with E-state index in [1.807, 2.05) is 0 Å². The third-order valence-electron chi connectivity index (χ3n) is 3.53. The van der Waals surface area contributed by atoms with Crippen LogP contribution < -0.4 is 4.72 Å². The zero-order chi connectivity index (χ0) is 17.3. The van der Waals surface area contributed by atoms with Crippen molar-refractivity contribution in [1.29, 1.82) is 0 Å². The molecule has 3 rings (SSSR count). The van der Waals surface area contributed by atoms with Gasteiger partial charge in [-0.15, -0.1) is 11.3 Å². The Labute approximate surface area is 144 Å². The highest BCUT2D eigenvalue weighted by Gasteiger charge is 2.32. The Morgan fingerprint density at radius 3 is 2.58 bits per heavy atom. The molecule has 124 valence electrons. The van der Waals surface area contributed by atoms with Crippen molar-refractivity contribution in [2.45, 2.75) is 26.9 Å². The Morgan fingerprint density at radius 2 is 2.00 bits per heavy atom. The summed E-state index contributed by atoms with van der Waals surface area (Å²) < 4.78 is 28.9. The van der Waals surface area contributed by atoms with Crippen molar-refractivity contribution >= 4 is 33.0 Å². The lowest BCUT2D eigenvalue weighted by Crippen LogP contribution is -2.31. The van der Waals surface area contributed by atoms with Crippen molar-refractivity contribution in [2.75, 3.05) is 4.72 Å². The summed E-state index contributed by atoms with van der Waals surface area (Å²) >= 11 is 1.42. The fraction of sp³-hybridized carbons (Fsp3) is 0.250. The molecular formula is C16H15N3O3S2. The number of ketones is 1. The van der Waals surface area contributed by atoms with Gasteiger partial charge in [-0.2, -0.15) is 12.7 Å². The molecule has 0 saturated heterocycles. The van der Waals surface area contributed by atoms with Crippen molar-refractivity contribution in [3.05, 3.63) is 45.4 Å². The Kier molecular flexibility index (Phi) is 4.41. The van der Waals surface area contributed by atoms with Crippen LogP contribution in [0.15, 0.2) is 24.3 Å². The van der Waals surface area contributed by atoms with Crippen LogP contribution in [0.1, 0.15) is 39.8 Å². The molecule has 0 atom stereocenters. The van der Waals surface area contributed by atoms with Crippen molar-refractivity contribution < 1.29 is 13.2 Å². The maximum absolute atomic E-state index is 12.5. The number of carbonyl (C=O) groups excluding carboxylic acids is 1. The predicted molar refractivity (Wildman–Crippen MR) is 92.9 cm³/mol. The van der Waals surface area contributed by atoms with E-state index in [1.165, 1.54) is 22.6 Å². The zero-order valence-electron chi connectivity index (χ0n) is 13.2. The molecule has 1 aromatic carbocycles. The summed E-state index contributed by atoms with van der Waals surface area (Å²) in [6.45, 7) is 3.73. The third-order valence-corrected chi connectivity index (χ3v) is 5.96. The highest BCUT2D eigenvalue weighted by atomic mass is 32.2. The lowest BCUT2D eigenvalue weighted by atomic mass is 10.1. The van der Waals surface area contributed by atoms with Gasteiger partial charge in [0.1, 0.15) is 0 Å². The normalized spacial score (nSPS) is 13.9. The van der Waals surface area contributed by atoms with Gasteiger partial charge < -0.3 is 0 Å². The van der Waals surface area contributed by atoms with Crippen molar-refractivity contribution in [2.24, 2.45) is 0 Å². The molecule has 8 heteroatoms. The number of nitrogens with one attached hydrogen (secondary N) is 1. The van der Waals surface area contributed by atoms with Crippen LogP contribution in [-0.2, 0) is 23.3 Å². The molecule has 0 aliphatic carbocycles. The average molecular weight is 361 g/mol. The summed E-state index contributed by atoms with van der Waals surface area (Å²) in [5.74, 6) is 5.62. The second kappa shape index (κ2) is 6.36. The molecule has 24 heavy (non-hydrogen) atoms. The summed E-state index contributed by atoms with van der Waals surface area (Å²) in [5, 5.41) is 0.715. The SMILES string of the molecule is CC#Cc1nc2c(s1)CN(S(=O)(=O)Nc1ccc(C(C)=O)cc1)C2. The van der Waals surface area contributed by atoms with Gasteiger partial charge in [0, 0.05) is 16.1 Å². The second-order valence-corrected chi connectivity index (χ2v) is 8.03. The van der Waals surface area contributed by atoms with Crippen molar-refractivity contribution in [3.8, 4) is 11.8 Å². The van der Waals surface area contributed by atoms with E-state index in [1.54, 1.807) is 31.2 Å². The first kappa shape index (κ1) is 16.6.